The average molecular weight is 400 g/mol. The molecule has 150 valence electrons. The van der Waals surface area contributed by atoms with Crippen molar-refractivity contribution in [3.8, 4) is 5.75 Å². The molecule has 7 heteroatoms. The van der Waals surface area contributed by atoms with E-state index in [2.05, 4.69) is 5.32 Å². The highest BCUT2D eigenvalue weighted by atomic mass is 19.4. The first kappa shape index (κ1) is 19.1. The topological polar surface area (TPSA) is 64.4 Å². The predicted molar refractivity (Wildman–Crippen MR) is 102 cm³/mol. The van der Waals surface area contributed by atoms with E-state index in [9.17, 15) is 18.0 Å². The monoisotopic (exact) mass is 400 g/mol. The Kier molecular flexibility index (Phi) is 4.61. The molecule has 29 heavy (non-hydrogen) atoms. The lowest BCUT2D eigenvalue weighted by molar-refractivity contribution is -0.137. The molecule has 0 spiro atoms. The summed E-state index contributed by atoms with van der Waals surface area (Å²) in [6, 6.07) is 10.6. The van der Waals surface area contributed by atoms with E-state index in [1.807, 2.05) is 6.07 Å². The Hall–Kier alpha value is -3.22. The summed E-state index contributed by atoms with van der Waals surface area (Å²) in [4.78, 5) is 12.2. The molecule has 3 N–H and O–H groups in total. The van der Waals surface area contributed by atoms with Gasteiger partial charge in [0.05, 0.1) is 12.2 Å². The number of benzene rings is 2. The fraction of sp³-hybridized carbons (Fsp3) is 0.227. The standard InChI is InChI=1S/C22H19F3N2O2/c23-22(24,25)15-5-3-14(4-6-15)17-9-12-29-19-13-16(7-8-18(17)19)21(20(26)28)10-1-2-11-27-21/h1-8,10-11,13,17,27H,9,12H2,(H2,26,28). The molecule has 2 aliphatic rings. The molecule has 2 aromatic rings. The summed E-state index contributed by atoms with van der Waals surface area (Å²) < 4.78 is 44.4. The number of amides is 1. The number of ether oxygens (including phenoxy) is 1. The van der Waals surface area contributed by atoms with Crippen LogP contribution in [0, 0.1) is 0 Å². The van der Waals surface area contributed by atoms with Gasteiger partial charge >= 0.3 is 6.18 Å². The lowest BCUT2D eigenvalue weighted by Crippen LogP contribution is -2.50. The van der Waals surface area contributed by atoms with Crippen LogP contribution in [0.2, 0.25) is 0 Å². The summed E-state index contributed by atoms with van der Waals surface area (Å²) in [6.45, 7) is 0.425. The molecule has 0 saturated heterocycles. The molecule has 2 heterocycles. The van der Waals surface area contributed by atoms with E-state index in [4.69, 9.17) is 10.5 Å². The van der Waals surface area contributed by atoms with E-state index in [0.717, 1.165) is 23.3 Å². The Balaban J connectivity index is 1.70. The number of alkyl halides is 3. The van der Waals surface area contributed by atoms with Crippen LogP contribution in [0.15, 0.2) is 66.9 Å². The van der Waals surface area contributed by atoms with E-state index in [0.29, 0.717) is 24.3 Å². The van der Waals surface area contributed by atoms with Crippen LogP contribution in [-0.4, -0.2) is 12.5 Å². The Bertz CT molecular complexity index is 996. The number of carbonyl (C=O) groups excluding carboxylic acids is 1. The van der Waals surface area contributed by atoms with Crippen molar-refractivity contribution in [2.24, 2.45) is 5.73 Å². The normalized spacial score (nSPS) is 23.1. The number of halogens is 3. The molecule has 0 saturated carbocycles. The van der Waals surface area contributed by atoms with Crippen molar-refractivity contribution in [3.63, 3.8) is 0 Å². The van der Waals surface area contributed by atoms with E-state index in [1.54, 1.807) is 36.6 Å². The van der Waals surface area contributed by atoms with Gasteiger partial charge in [-0.3, -0.25) is 4.79 Å². The van der Waals surface area contributed by atoms with Crippen molar-refractivity contribution < 1.29 is 22.7 Å². The number of carbonyl (C=O) groups is 1. The molecule has 0 aromatic heterocycles. The first-order valence-electron chi connectivity index (χ1n) is 9.17. The highest BCUT2D eigenvalue weighted by molar-refractivity contribution is 5.89. The summed E-state index contributed by atoms with van der Waals surface area (Å²) in [5, 5.41) is 3.01. The summed E-state index contributed by atoms with van der Waals surface area (Å²) >= 11 is 0. The number of dihydropyridines is 1. The Morgan fingerprint density at radius 3 is 2.52 bits per heavy atom. The largest absolute Gasteiger partial charge is 0.493 e. The second kappa shape index (κ2) is 6.99. The number of allylic oxidation sites excluding steroid dienone is 2. The summed E-state index contributed by atoms with van der Waals surface area (Å²) in [5.74, 6) is -0.0356. The third-order valence-corrected chi connectivity index (χ3v) is 5.40. The quantitative estimate of drug-likeness (QED) is 0.819. The fourth-order valence-electron chi connectivity index (χ4n) is 3.84. The molecule has 4 nitrogen and oxygen atoms in total. The van der Waals surface area contributed by atoms with Crippen LogP contribution in [0.3, 0.4) is 0 Å². The zero-order valence-corrected chi connectivity index (χ0v) is 15.4. The molecule has 0 bridgehead atoms. The van der Waals surface area contributed by atoms with Gasteiger partial charge in [0.2, 0.25) is 0 Å². The van der Waals surface area contributed by atoms with Crippen LogP contribution in [0.4, 0.5) is 13.2 Å². The lowest BCUT2D eigenvalue weighted by Gasteiger charge is -2.32. The third-order valence-electron chi connectivity index (χ3n) is 5.40. The molecule has 2 atom stereocenters. The highest BCUT2D eigenvalue weighted by Gasteiger charge is 2.37. The minimum Gasteiger partial charge on any atom is -0.493 e. The Labute approximate surface area is 165 Å². The first-order valence-corrected chi connectivity index (χ1v) is 9.17. The number of hydrogen-bond acceptors (Lipinski definition) is 3. The molecule has 1 amide bonds. The van der Waals surface area contributed by atoms with E-state index >= 15 is 0 Å². The second-order valence-electron chi connectivity index (χ2n) is 7.10. The van der Waals surface area contributed by atoms with Gasteiger partial charge in [0.15, 0.2) is 5.54 Å². The van der Waals surface area contributed by atoms with Gasteiger partial charge in [-0.1, -0.05) is 30.3 Å². The summed E-state index contributed by atoms with van der Waals surface area (Å²) in [5.41, 5.74) is 6.11. The van der Waals surface area contributed by atoms with Crippen molar-refractivity contribution in [2.45, 2.75) is 24.1 Å². The van der Waals surface area contributed by atoms with Crippen LogP contribution >= 0.6 is 0 Å². The number of nitrogens with two attached hydrogens (primary N) is 1. The summed E-state index contributed by atoms with van der Waals surface area (Å²) in [7, 11) is 0. The van der Waals surface area contributed by atoms with E-state index < -0.39 is 23.2 Å². The highest BCUT2D eigenvalue weighted by Crippen LogP contribution is 2.41. The SMILES string of the molecule is NC(=O)C1(c2ccc3c(c2)OCCC3c2ccc(C(F)(F)F)cc2)C=CC=CN1. The van der Waals surface area contributed by atoms with E-state index in [-0.39, 0.29) is 5.92 Å². The smallest absolute Gasteiger partial charge is 0.416 e. The predicted octanol–water partition coefficient (Wildman–Crippen LogP) is 3.97. The number of rotatable bonds is 3. The van der Waals surface area contributed by atoms with Crippen LogP contribution in [0.25, 0.3) is 0 Å². The Morgan fingerprint density at radius 1 is 1.14 bits per heavy atom. The maximum Gasteiger partial charge on any atom is 0.416 e. The van der Waals surface area contributed by atoms with Crippen LogP contribution in [0.1, 0.15) is 34.6 Å². The molecule has 2 aromatic carbocycles. The van der Waals surface area contributed by atoms with Crippen molar-refractivity contribution >= 4 is 5.91 Å². The lowest BCUT2D eigenvalue weighted by atomic mass is 9.82. The molecule has 0 fully saturated rings. The number of nitrogens with one attached hydrogen (secondary N) is 1. The van der Waals surface area contributed by atoms with Gasteiger partial charge in [-0.05, 0) is 54.1 Å². The van der Waals surface area contributed by atoms with Gasteiger partial charge in [0, 0.05) is 11.5 Å². The van der Waals surface area contributed by atoms with Gasteiger partial charge in [0.1, 0.15) is 5.75 Å². The molecule has 0 radical (unpaired) electrons. The maximum atomic E-state index is 12.8. The van der Waals surface area contributed by atoms with Gasteiger partial charge in [0.25, 0.3) is 5.91 Å². The fourth-order valence-corrected chi connectivity index (χ4v) is 3.84. The Morgan fingerprint density at radius 2 is 1.90 bits per heavy atom. The second-order valence-corrected chi connectivity index (χ2v) is 7.10. The molecule has 4 rings (SSSR count). The van der Waals surface area contributed by atoms with Crippen LogP contribution < -0.4 is 15.8 Å². The molecular weight excluding hydrogens is 381 g/mol. The van der Waals surface area contributed by atoms with Crippen molar-refractivity contribution in [2.75, 3.05) is 6.61 Å². The van der Waals surface area contributed by atoms with Crippen LogP contribution in [-0.2, 0) is 16.5 Å². The maximum absolute atomic E-state index is 12.8. The van der Waals surface area contributed by atoms with Crippen molar-refractivity contribution in [1.82, 2.24) is 5.32 Å². The zero-order chi connectivity index (χ0) is 20.6. The summed E-state index contributed by atoms with van der Waals surface area (Å²) in [6.07, 6.45) is 3.13. The third kappa shape index (κ3) is 3.37. The van der Waals surface area contributed by atoms with Crippen molar-refractivity contribution in [3.05, 3.63) is 89.1 Å². The van der Waals surface area contributed by atoms with Gasteiger partial charge in [-0.2, -0.15) is 13.2 Å². The van der Waals surface area contributed by atoms with Crippen LogP contribution in [0.5, 0.6) is 5.75 Å². The average Bonchev–Trinajstić information content (AvgIpc) is 2.72. The minimum absolute atomic E-state index is 0.0886. The van der Waals surface area contributed by atoms with Gasteiger partial charge in [-0.15, -0.1) is 0 Å². The van der Waals surface area contributed by atoms with Crippen molar-refractivity contribution in [1.29, 1.82) is 0 Å². The molecular formula is C22H19F3N2O2. The number of primary amides is 1. The van der Waals surface area contributed by atoms with Gasteiger partial charge < -0.3 is 15.8 Å². The van der Waals surface area contributed by atoms with Gasteiger partial charge in [-0.25, -0.2) is 0 Å². The first-order chi connectivity index (χ1) is 13.8. The molecule has 2 unspecified atom stereocenters. The zero-order valence-electron chi connectivity index (χ0n) is 15.4. The van der Waals surface area contributed by atoms with E-state index in [1.165, 1.54) is 12.1 Å². The number of hydrogen-bond donors (Lipinski definition) is 2. The number of fused-ring (bicyclic) bond motifs is 1. The molecule has 0 aliphatic carbocycles. The molecule has 2 aliphatic heterocycles. The minimum atomic E-state index is -4.36.